The maximum atomic E-state index is 5.40. The third-order valence-corrected chi connectivity index (χ3v) is 2.78. The molecule has 108 valence electrons. The van der Waals surface area contributed by atoms with Crippen LogP contribution in [0, 0.1) is 13.8 Å². The number of anilines is 1. The fourth-order valence-corrected chi connectivity index (χ4v) is 1.98. The van der Waals surface area contributed by atoms with E-state index < -0.39 is 0 Å². The van der Waals surface area contributed by atoms with Gasteiger partial charge >= 0.3 is 0 Å². The summed E-state index contributed by atoms with van der Waals surface area (Å²) in [6.45, 7) is 9.82. The summed E-state index contributed by atoms with van der Waals surface area (Å²) >= 11 is 0. The monoisotopic (exact) mass is 275 g/mol. The van der Waals surface area contributed by atoms with Crippen molar-refractivity contribution in [2.75, 3.05) is 18.5 Å². The van der Waals surface area contributed by atoms with Crippen LogP contribution in [0.1, 0.15) is 31.1 Å². The maximum Gasteiger partial charge on any atom is 0.159 e. The van der Waals surface area contributed by atoms with Gasteiger partial charge in [0.1, 0.15) is 12.4 Å². The van der Waals surface area contributed by atoms with Crippen LogP contribution >= 0.6 is 0 Å². The molecule has 0 aliphatic carbocycles. The van der Waals surface area contributed by atoms with Gasteiger partial charge in [-0.1, -0.05) is 0 Å². The molecule has 0 amide bonds. The summed E-state index contributed by atoms with van der Waals surface area (Å²) in [5.74, 6) is 2.21. The quantitative estimate of drug-likeness (QED) is 0.876. The van der Waals surface area contributed by atoms with E-state index in [9.17, 15) is 0 Å². The molecule has 2 aromatic rings. The Morgan fingerprint density at radius 2 is 2.00 bits per heavy atom. The van der Waals surface area contributed by atoms with Crippen molar-refractivity contribution >= 4 is 5.82 Å². The minimum absolute atomic E-state index is 0.405. The fourth-order valence-electron chi connectivity index (χ4n) is 1.98. The van der Waals surface area contributed by atoms with Crippen LogP contribution in [0.5, 0.6) is 0 Å². The van der Waals surface area contributed by atoms with E-state index in [-0.39, 0.29) is 0 Å². The number of aromatic nitrogens is 4. The molecule has 0 atom stereocenters. The average Bonchev–Trinajstić information content (AvgIpc) is 2.75. The molecule has 2 rings (SSSR count). The summed E-state index contributed by atoms with van der Waals surface area (Å²) in [7, 11) is 0. The predicted octanol–water partition coefficient (Wildman–Crippen LogP) is 2.25. The van der Waals surface area contributed by atoms with Crippen molar-refractivity contribution in [3.63, 3.8) is 0 Å². The van der Waals surface area contributed by atoms with Crippen molar-refractivity contribution < 1.29 is 4.74 Å². The SMILES string of the molecule is CCNc1cc(-n2nc(C)cc2C)nc(COCC)n1. The third kappa shape index (κ3) is 3.33. The van der Waals surface area contributed by atoms with Gasteiger partial charge in [-0.05, 0) is 33.8 Å². The van der Waals surface area contributed by atoms with Crippen LogP contribution in [0.25, 0.3) is 5.82 Å². The van der Waals surface area contributed by atoms with Crippen LogP contribution in [-0.2, 0) is 11.3 Å². The van der Waals surface area contributed by atoms with E-state index >= 15 is 0 Å². The van der Waals surface area contributed by atoms with Crippen LogP contribution in [-0.4, -0.2) is 32.9 Å². The van der Waals surface area contributed by atoms with Gasteiger partial charge in [0.25, 0.3) is 0 Å². The molecule has 2 aromatic heterocycles. The molecule has 1 N–H and O–H groups in total. The second-order valence-corrected chi connectivity index (χ2v) is 4.53. The van der Waals surface area contributed by atoms with Crippen molar-refractivity contribution in [1.29, 1.82) is 0 Å². The molecule has 0 spiro atoms. The van der Waals surface area contributed by atoms with Gasteiger partial charge in [0.2, 0.25) is 0 Å². The van der Waals surface area contributed by atoms with Gasteiger partial charge in [-0.3, -0.25) is 0 Å². The highest BCUT2D eigenvalue weighted by molar-refractivity contribution is 5.42. The van der Waals surface area contributed by atoms with Gasteiger partial charge in [-0.25, -0.2) is 14.6 Å². The number of nitrogens with zero attached hydrogens (tertiary/aromatic N) is 4. The first-order valence-electron chi connectivity index (χ1n) is 6.87. The minimum Gasteiger partial charge on any atom is -0.374 e. The van der Waals surface area contributed by atoms with Gasteiger partial charge in [-0.15, -0.1) is 0 Å². The molecular formula is C14H21N5O. The second kappa shape index (κ2) is 6.47. The van der Waals surface area contributed by atoms with Crippen molar-refractivity contribution in [2.45, 2.75) is 34.3 Å². The first kappa shape index (κ1) is 14.5. The molecule has 0 saturated carbocycles. The maximum absolute atomic E-state index is 5.40. The lowest BCUT2D eigenvalue weighted by atomic mass is 10.4. The summed E-state index contributed by atoms with van der Waals surface area (Å²) in [6.07, 6.45) is 0. The topological polar surface area (TPSA) is 64.9 Å². The highest BCUT2D eigenvalue weighted by atomic mass is 16.5. The lowest BCUT2D eigenvalue weighted by molar-refractivity contribution is 0.128. The van der Waals surface area contributed by atoms with Crippen molar-refractivity contribution in [2.24, 2.45) is 0 Å². The van der Waals surface area contributed by atoms with Crippen molar-refractivity contribution in [3.05, 3.63) is 29.3 Å². The molecule has 0 aromatic carbocycles. The first-order chi connectivity index (χ1) is 9.63. The molecule has 0 aliphatic heterocycles. The number of rotatable bonds is 6. The third-order valence-electron chi connectivity index (χ3n) is 2.78. The molecule has 0 fully saturated rings. The summed E-state index contributed by atoms with van der Waals surface area (Å²) in [5.41, 5.74) is 2.02. The van der Waals surface area contributed by atoms with E-state index in [1.165, 1.54) is 0 Å². The zero-order valence-electron chi connectivity index (χ0n) is 12.5. The normalized spacial score (nSPS) is 10.8. The van der Waals surface area contributed by atoms with Gasteiger partial charge in [-0.2, -0.15) is 5.10 Å². The summed E-state index contributed by atoms with van der Waals surface area (Å²) in [6, 6.07) is 3.93. The summed E-state index contributed by atoms with van der Waals surface area (Å²) < 4.78 is 7.22. The number of ether oxygens (including phenoxy) is 1. The highest BCUT2D eigenvalue weighted by Gasteiger charge is 2.09. The van der Waals surface area contributed by atoms with E-state index in [1.54, 1.807) is 0 Å². The van der Waals surface area contributed by atoms with Gasteiger partial charge < -0.3 is 10.1 Å². The Bertz CT molecular complexity index is 579. The molecular weight excluding hydrogens is 254 g/mol. The lowest BCUT2D eigenvalue weighted by Gasteiger charge is -2.10. The molecule has 6 nitrogen and oxygen atoms in total. The van der Waals surface area contributed by atoms with Gasteiger partial charge in [0, 0.05) is 24.9 Å². The number of aryl methyl sites for hydroxylation is 2. The van der Waals surface area contributed by atoms with E-state index in [4.69, 9.17) is 4.74 Å². The zero-order chi connectivity index (χ0) is 14.5. The van der Waals surface area contributed by atoms with E-state index in [1.807, 2.05) is 44.5 Å². The number of hydrogen-bond donors (Lipinski definition) is 1. The summed E-state index contributed by atoms with van der Waals surface area (Å²) in [5, 5.41) is 7.67. The zero-order valence-corrected chi connectivity index (χ0v) is 12.5. The van der Waals surface area contributed by atoms with Crippen molar-refractivity contribution in [3.8, 4) is 5.82 Å². The Labute approximate surface area is 119 Å². The molecule has 0 bridgehead atoms. The van der Waals surface area contributed by atoms with Crippen molar-refractivity contribution in [1.82, 2.24) is 19.7 Å². The van der Waals surface area contributed by atoms with Gasteiger partial charge in [0.15, 0.2) is 11.6 Å². The standard InChI is InChI=1S/C14H21N5O/c1-5-15-12-8-14(17-13(16-12)9-20-6-2)19-11(4)7-10(3)18-19/h7-8H,5-6,9H2,1-4H3,(H,15,16,17). The van der Waals surface area contributed by atoms with Crippen LogP contribution in [0.15, 0.2) is 12.1 Å². The first-order valence-corrected chi connectivity index (χ1v) is 6.87. The predicted molar refractivity (Wildman–Crippen MR) is 78.1 cm³/mol. The van der Waals surface area contributed by atoms with Crippen LogP contribution in [0.3, 0.4) is 0 Å². The van der Waals surface area contributed by atoms with Gasteiger partial charge in [0.05, 0.1) is 5.69 Å². The Hall–Kier alpha value is -1.95. The largest absolute Gasteiger partial charge is 0.374 e. The minimum atomic E-state index is 0.405. The smallest absolute Gasteiger partial charge is 0.159 e. The molecule has 0 unspecified atom stereocenters. The molecule has 0 saturated heterocycles. The Morgan fingerprint density at radius 1 is 1.20 bits per heavy atom. The Balaban J connectivity index is 2.40. The highest BCUT2D eigenvalue weighted by Crippen LogP contribution is 2.14. The average molecular weight is 275 g/mol. The van der Waals surface area contributed by atoms with E-state index in [0.29, 0.717) is 19.0 Å². The second-order valence-electron chi connectivity index (χ2n) is 4.53. The molecule has 20 heavy (non-hydrogen) atoms. The van der Waals surface area contributed by atoms with Crippen LogP contribution in [0.4, 0.5) is 5.82 Å². The number of nitrogens with one attached hydrogen (secondary N) is 1. The number of hydrogen-bond acceptors (Lipinski definition) is 5. The van der Waals surface area contributed by atoms with E-state index in [2.05, 4.69) is 20.4 Å². The van der Waals surface area contributed by atoms with E-state index in [0.717, 1.165) is 29.6 Å². The fraction of sp³-hybridized carbons (Fsp3) is 0.500. The molecule has 0 aliphatic rings. The lowest BCUT2D eigenvalue weighted by Crippen LogP contribution is -2.10. The van der Waals surface area contributed by atoms with Crippen LogP contribution < -0.4 is 5.32 Å². The summed E-state index contributed by atoms with van der Waals surface area (Å²) in [4.78, 5) is 8.96. The van der Waals surface area contributed by atoms with Crippen LogP contribution in [0.2, 0.25) is 0 Å². The Kier molecular flexibility index (Phi) is 4.68. The Morgan fingerprint density at radius 3 is 2.60 bits per heavy atom. The molecule has 6 heteroatoms. The molecule has 2 heterocycles. The molecule has 0 radical (unpaired) electrons.